The van der Waals surface area contributed by atoms with Crippen molar-refractivity contribution in [2.45, 2.75) is 19.3 Å². The first-order valence-electron chi connectivity index (χ1n) is 5.93. The lowest BCUT2D eigenvalue weighted by molar-refractivity contribution is 0.789. The minimum Gasteiger partial charge on any atom is -0.322 e. The van der Waals surface area contributed by atoms with Crippen LogP contribution in [0.25, 0.3) is 11.0 Å². The molecule has 0 spiro atoms. The number of aromatic nitrogens is 2. The third kappa shape index (κ3) is 2.50. The summed E-state index contributed by atoms with van der Waals surface area (Å²) in [7, 11) is 0. The second-order valence-electron chi connectivity index (χ2n) is 4.45. The zero-order chi connectivity index (χ0) is 13.4. The van der Waals surface area contributed by atoms with Gasteiger partial charge in [-0.3, -0.25) is 0 Å². The Labute approximate surface area is 125 Å². The van der Waals surface area contributed by atoms with Crippen molar-refractivity contribution < 1.29 is 0 Å². The van der Waals surface area contributed by atoms with Crippen molar-refractivity contribution in [1.29, 1.82) is 0 Å². The highest BCUT2D eigenvalue weighted by atomic mass is 35.5. The molecule has 0 bridgehead atoms. The zero-order valence-electron chi connectivity index (χ0n) is 10.4. The molecule has 2 aromatic heterocycles. The van der Waals surface area contributed by atoms with Crippen molar-refractivity contribution >= 4 is 45.6 Å². The van der Waals surface area contributed by atoms with E-state index in [1.165, 1.54) is 10.4 Å². The summed E-state index contributed by atoms with van der Waals surface area (Å²) in [5.41, 5.74) is 3.32. The molecule has 3 rings (SSSR count). The average Bonchev–Trinajstić information content (AvgIpc) is 2.94. The minimum atomic E-state index is 0.410. The molecule has 0 amide bonds. The molecule has 0 aliphatic carbocycles. The molecule has 0 N–H and O–H groups in total. The quantitative estimate of drug-likeness (QED) is 0.632. The van der Waals surface area contributed by atoms with Crippen molar-refractivity contribution in [3.05, 3.63) is 50.9 Å². The van der Waals surface area contributed by atoms with Crippen molar-refractivity contribution in [3.63, 3.8) is 0 Å². The van der Waals surface area contributed by atoms with Crippen LogP contribution in [0, 0.1) is 6.92 Å². The molecule has 0 aliphatic heterocycles. The first-order chi connectivity index (χ1) is 9.17. The monoisotopic (exact) mass is 310 g/mol. The fourth-order valence-electron chi connectivity index (χ4n) is 2.16. The SMILES string of the molecule is Cc1ccc2c(c1)nc(CCl)n2Cc1ccc(Cl)s1. The van der Waals surface area contributed by atoms with E-state index in [1.54, 1.807) is 11.3 Å². The summed E-state index contributed by atoms with van der Waals surface area (Å²) < 4.78 is 2.96. The minimum absolute atomic E-state index is 0.410. The Morgan fingerprint density at radius 1 is 1.26 bits per heavy atom. The lowest BCUT2D eigenvalue weighted by Crippen LogP contribution is -2.02. The van der Waals surface area contributed by atoms with Gasteiger partial charge in [0.25, 0.3) is 0 Å². The molecule has 1 aromatic carbocycles. The van der Waals surface area contributed by atoms with Gasteiger partial charge in [0.05, 0.1) is 27.8 Å². The number of aryl methyl sites for hydroxylation is 1. The highest BCUT2D eigenvalue weighted by Gasteiger charge is 2.11. The Bertz CT molecular complexity index is 730. The van der Waals surface area contributed by atoms with Crippen LogP contribution in [0.3, 0.4) is 0 Å². The van der Waals surface area contributed by atoms with Gasteiger partial charge in [-0.2, -0.15) is 0 Å². The number of nitrogens with zero attached hydrogens (tertiary/aromatic N) is 2. The second kappa shape index (κ2) is 5.16. The summed E-state index contributed by atoms with van der Waals surface area (Å²) in [5, 5.41) is 0. The Morgan fingerprint density at radius 3 is 2.79 bits per heavy atom. The van der Waals surface area contributed by atoms with E-state index in [1.807, 2.05) is 12.1 Å². The standard InChI is InChI=1S/C14H12Cl2N2S/c1-9-2-4-12-11(6-9)17-14(7-15)18(12)8-10-3-5-13(16)19-10/h2-6H,7-8H2,1H3. The maximum atomic E-state index is 6.01. The number of alkyl halides is 1. The molecule has 0 unspecified atom stereocenters. The topological polar surface area (TPSA) is 17.8 Å². The maximum Gasteiger partial charge on any atom is 0.125 e. The number of rotatable bonds is 3. The second-order valence-corrected chi connectivity index (χ2v) is 6.51. The van der Waals surface area contributed by atoms with E-state index in [2.05, 4.69) is 34.7 Å². The number of thiophene rings is 1. The largest absolute Gasteiger partial charge is 0.322 e. The molecule has 2 nitrogen and oxygen atoms in total. The Kier molecular flexibility index (Phi) is 3.52. The fourth-order valence-corrected chi connectivity index (χ4v) is 3.44. The van der Waals surface area contributed by atoms with Crippen molar-refractivity contribution in [3.8, 4) is 0 Å². The maximum absolute atomic E-state index is 6.01. The van der Waals surface area contributed by atoms with Crippen LogP contribution in [0.4, 0.5) is 0 Å². The number of halogens is 2. The third-order valence-corrected chi connectivity index (χ3v) is 4.50. The van der Waals surface area contributed by atoms with E-state index in [0.29, 0.717) is 5.88 Å². The summed E-state index contributed by atoms with van der Waals surface area (Å²) in [4.78, 5) is 5.80. The summed E-state index contributed by atoms with van der Waals surface area (Å²) in [6.45, 7) is 2.83. The normalized spacial score (nSPS) is 11.3. The van der Waals surface area contributed by atoms with E-state index < -0.39 is 0 Å². The molecular formula is C14H12Cl2N2S. The van der Waals surface area contributed by atoms with E-state index in [4.69, 9.17) is 23.2 Å². The molecule has 98 valence electrons. The molecule has 0 aliphatic rings. The van der Waals surface area contributed by atoms with Gasteiger partial charge < -0.3 is 4.57 Å². The molecule has 0 atom stereocenters. The Morgan fingerprint density at radius 2 is 2.11 bits per heavy atom. The van der Waals surface area contributed by atoms with Crippen LogP contribution in [0.5, 0.6) is 0 Å². The predicted octanol–water partition coefficient (Wildman–Crippen LogP) is 4.85. The average molecular weight is 311 g/mol. The summed E-state index contributed by atoms with van der Waals surface area (Å²) >= 11 is 13.6. The highest BCUT2D eigenvalue weighted by Crippen LogP contribution is 2.25. The van der Waals surface area contributed by atoms with Gasteiger partial charge in [-0.25, -0.2) is 4.98 Å². The van der Waals surface area contributed by atoms with Gasteiger partial charge in [-0.15, -0.1) is 22.9 Å². The fraction of sp³-hybridized carbons (Fsp3) is 0.214. The molecule has 19 heavy (non-hydrogen) atoms. The first-order valence-corrected chi connectivity index (χ1v) is 7.66. The van der Waals surface area contributed by atoms with Crippen molar-refractivity contribution in [2.75, 3.05) is 0 Å². The molecule has 0 saturated heterocycles. The van der Waals surface area contributed by atoms with Crippen molar-refractivity contribution in [1.82, 2.24) is 9.55 Å². The number of benzene rings is 1. The van der Waals surface area contributed by atoms with Gasteiger partial charge in [0.2, 0.25) is 0 Å². The number of hydrogen-bond donors (Lipinski definition) is 0. The number of fused-ring (bicyclic) bond motifs is 1. The van der Waals surface area contributed by atoms with Gasteiger partial charge in [0.15, 0.2) is 0 Å². The summed E-state index contributed by atoms with van der Waals surface area (Å²) in [5.74, 6) is 1.30. The van der Waals surface area contributed by atoms with E-state index in [-0.39, 0.29) is 0 Å². The molecular weight excluding hydrogens is 299 g/mol. The van der Waals surface area contributed by atoms with Crippen LogP contribution < -0.4 is 0 Å². The van der Waals surface area contributed by atoms with Gasteiger partial charge in [0, 0.05) is 4.88 Å². The lowest BCUT2D eigenvalue weighted by atomic mass is 10.2. The summed E-state index contributed by atoms with van der Waals surface area (Å²) in [6, 6.07) is 10.3. The van der Waals surface area contributed by atoms with Crippen LogP contribution >= 0.6 is 34.5 Å². The van der Waals surface area contributed by atoms with Gasteiger partial charge in [-0.1, -0.05) is 17.7 Å². The number of imidazole rings is 1. The van der Waals surface area contributed by atoms with Gasteiger partial charge in [0.1, 0.15) is 5.82 Å². The highest BCUT2D eigenvalue weighted by molar-refractivity contribution is 7.16. The third-order valence-electron chi connectivity index (χ3n) is 3.05. The smallest absolute Gasteiger partial charge is 0.125 e. The van der Waals surface area contributed by atoms with E-state index in [0.717, 1.165) is 27.7 Å². The van der Waals surface area contributed by atoms with Crippen LogP contribution in [0.15, 0.2) is 30.3 Å². The molecule has 2 heterocycles. The zero-order valence-corrected chi connectivity index (χ0v) is 12.7. The molecule has 0 saturated carbocycles. The van der Waals surface area contributed by atoms with Gasteiger partial charge >= 0.3 is 0 Å². The van der Waals surface area contributed by atoms with E-state index >= 15 is 0 Å². The first kappa shape index (κ1) is 13.0. The molecule has 0 radical (unpaired) electrons. The summed E-state index contributed by atoms with van der Waals surface area (Å²) in [6.07, 6.45) is 0. The van der Waals surface area contributed by atoms with E-state index in [9.17, 15) is 0 Å². The molecule has 3 aromatic rings. The molecule has 0 fully saturated rings. The predicted molar refractivity (Wildman–Crippen MR) is 82.5 cm³/mol. The van der Waals surface area contributed by atoms with Crippen molar-refractivity contribution in [2.24, 2.45) is 0 Å². The van der Waals surface area contributed by atoms with Crippen LogP contribution in [0.1, 0.15) is 16.3 Å². The van der Waals surface area contributed by atoms with Crippen LogP contribution in [-0.2, 0) is 12.4 Å². The Balaban J connectivity index is 2.10. The lowest BCUT2D eigenvalue weighted by Gasteiger charge is -2.05. The Hall–Kier alpha value is -1.03. The van der Waals surface area contributed by atoms with Crippen LogP contribution in [-0.4, -0.2) is 9.55 Å². The van der Waals surface area contributed by atoms with Crippen LogP contribution in [0.2, 0.25) is 4.34 Å². The van der Waals surface area contributed by atoms with Gasteiger partial charge in [-0.05, 0) is 36.8 Å². The number of hydrogen-bond acceptors (Lipinski definition) is 2. The molecule has 5 heteroatoms.